The van der Waals surface area contributed by atoms with Crippen molar-refractivity contribution in [2.24, 2.45) is 0 Å². The summed E-state index contributed by atoms with van der Waals surface area (Å²) >= 11 is 13.2. The molecule has 0 fully saturated rings. The lowest BCUT2D eigenvalue weighted by Gasteiger charge is -2.16. The van der Waals surface area contributed by atoms with Crippen LogP contribution in [-0.4, -0.2) is 26.4 Å². The molecule has 0 bridgehead atoms. The minimum absolute atomic E-state index is 0.155. The zero-order valence-corrected chi connectivity index (χ0v) is 20.4. The SMILES string of the molecule is C=CCn1c(SCC(=O)Nc2ccc(Cl)c(Cl)c2)nnc1C(C)Oc1ccc(C)c(C)c1. The van der Waals surface area contributed by atoms with Crippen molar-refractivity contribution in [2.75, 3.05) is 11.1 Å². The number of hydrogen-bond donors (Lipinski definition) is 1. The number of nitrogens with one attached hydrogen (secondary N) is 1. The number of amides is 1. The predicted octanol–water partition coefficient (Wildman–Crippen LogP) is 6.26. The number of nitrogens with zero attached hydrogens (tertiary/aromatic N) is 3. The molecule has 9 heteroatoms. The van der Waals surface area contributed by atoms with Crippen LogP contribution in [0.4, 0.5) is 5.69 Å². The quantitative estimate of drug-likeness (QED) is 0.283. The number of benzene rings is 2. The van der Waals surface area contributed by atoms with Gasteiger partial charge in [-0.3, -0.25) is 9.36 Å². The van der Waals surface area contributed by atoms with Gasteiger partial charge in [-0.25, -0.2) is 0 Å². The van der Waals surface area contributed by atoms with E-state index in [9.17, 15) is 4.79 Å². The second-order valence-electron chi connectivity index (χ2n) is 7.21. The van der Waals surface area contributed by atoms with Gasteiger partial charge in [0.05, 0.1) is 15.8 Å². The fraction of sp³-hybridized carbons (Fsp3) is 0.261. The first-order valence-electron chi connectivity index (χ1n) is 9.94. The lowest BCUT2D eigenvalue weighted by atomic mass is 10.1. The first-order chi connectivity index (χ1) is 15.3. The molecule has 168 valence electrons. The number of aromatic nitrogens is 3. The molecule has 1 amide bonds. The molecule has 0 saturated heterocycles. The lowest BCUT2D eigenvalue weighted by molar-refractivity contribution is -0.113. The number of thioether (sulfide) groups is 1. The molecular formula is C23H24Cl2N4O2S. The number of anilines is 1. The number of halogens is 2. The number of aryl methyl sites for hydroxylation is 2. The van der Waals surface area contributed by atoms with Crippen LogP contribution in [0.2, 0.25) is 10.0 Å². The van der Waals surface area contributed by atoms with Crippen LogP contribution in [0.3, 0.4) is 0 Å². The Morgan fingerprint density at radius 2 is 1.97 bits per heavy atom. The molecule has 1 atom stereocenters. The van der Waals surface area contributed by atoms with Crippen molar-refractivity contribution in [3.8, 4) is 5.75 Å². The van der Waals surface area contributed by atoms with Gasteiger partial charge in [-0.2, -0.15) is 0 Å². The average molecular weight is 491 g/mol. The van der Waals surface area contributed by atoms with Crippen LogP contribution in [0, 0.1) is 13.8 Å². The van der Waals surface area contributed by atoms with E-state index in [0.717, 1.165) is 11.3 Å². The zero-order chi connectivity index (χ0) is 23.3. The van der Waals surface area contributed by atoms with Crippen LogP contribution < -0.4 is 10.1 Å². The Bertz CT molecular complexity index is 1130. The van der Waals surface area contributed by atoms with Crippen LogP contribution in [0.5, 0.6) is 5.75 Å². The predicted molar refractivity (Wildman–Crippen MR) is 131 cm³/mol. The third kappa shape index (κ3) is 6.06. The Kier molecular flexibility index (Phi) is 8.23. The maximum absolute atomic E-state index is 12.4. The Balaban J connectivity index is 1.67. The Morgan fingerprint density at radius 3 is 2.66 bits per heavy atom. The van der Waals surface area contributed by atoms with Gasteiger partial charge in [0.1, 0.15) is 5.75 Å². The van der Waals surface area contributed by atoms with Crippen LogP contribution in [-0.2, 0) is 11.3 Å². The van der Waals surface area contributed by atoms with E-state index in [4.69, 9.17) is 27.9 Å². The number of carbonyl (C=O) groups is 1. The monoisotopic (exact) mass is 490 g/mol. The molecule has 1 N–H and O–H groups in total. The van der Waals surface area contributed by atoms with Crippen LogP contribution >= 0.6 is 35.0 Å². The smallest absolute Gasteiger partial charge is 0.234 e. The second-order valence-corrected chi connectivity index (χ2v) is 8.97. The number of allylic oxidation sites excluding steroid dienone is 1. The van der Waals surface area contributed by atoms with Crippen LogP contribution in [0.25, 0.3) is 0 Å². The van der Waals surface area contributed by atoms with E-state index in [2.05, 4.69) is 29.0 Å². The van der Waals surface area contributed by atoms with E-state index >= 15 is 0 Å². The Morgan fingerprint density at radius 1 is 1.19 bits per heavy atom. The van der Waals surface area contributed by atoms with Crippen LogP contribution in [0.15, 0.2) is 54.2 Å². The van der Waals surface area contributed by atoms with Crippen molar-refractivity contribution in [2.45, 2.75) is 38.6 Å². The normalized spacial score (nSPS) is 11.8. The highest BCUT2D eigenvalue weighted by molar-refractivity contribution is 7.99. The molecule has 3 rings (SSSR count). The van der Waals surface area contributed by atoms with E-state index in [1.165, 1.54) is 17.3 Å². The summed E-state index contributed by atoms with van der Waals surface area (Å²) in [5.41, 5.74) is 2.94. The topological polar surface area (TPSA) is 69.0 Å². The summed E-state index contributed by atoms with van der Waals surface area (Å²) in [5.74, 6) is 1.39. The molecule has 0 aliphatic heterocycles. The molecular weight excluding hydrogens is 467 g/mol. The highest BCUT2D eigenvalue weighted by atomic mass is 35.5. The third-order valence-corrected chi connectivity index (χ3v) is 6.45. The van der Waals surface area contributed by atoms with Crippen molar-refractivity contribution in [3.63, 3.8) is 0 Å². The van der Waals surface area contributed by atoms with Gasteiger partial charge >= 0.3 is 0 Å². The van der Waals surface area contributed by atoms with Gasteiger partial charge in [0, 0.05) is 12.2 Å². The number of hydrogen-bond acceptors (Lipinski definition) is 5. The molecule has 2 aromatic carbocycles. The molecule has 1 heterocycles. The van der Waals surface area contributed by atoms with Gasteiger partial charge in [-0.15, -0.1) is 16.8 Å². The summed E-state index contributed by atoms with van der Waals surface area (Å²) in [5, 5.41) is 12.8. The van der Waals surface area contributed by atoms with Crippen LogP contribution in [0.1, 0.15) is 30.0 Å². The molecule has 1 aromatic heterocycles. The maximum atomic E-state index is 12.4. The number of ether oxygens (including phenoxy) is 1. The van der Waals surface area contributed by atoms with Gasteiger partial charge in [0.15, 0.2) is 17.1 Å². The van der Waals surface area contributed by atoms with Gasteiger partial charge in [0.2, 0.25) is 5.91 Å². The van der Waals surface area contributed by atoms with Crippen molar-refractivity contribution in [1.29, 1.82) is 0 Å². The second kappa shape index (κ2) is 10.9. The minimum Gasteiger partial charge on any atom is -0.483 e. The molecule has 0 aliphatic rings. The first-order valence-corrected chi connectivity index (χ1v) is 11.7. The number of rotatable bonds is 9. The van der Waals surface area contributed by atoms with E-state index in [1.54, 1.807) is 24.3 Å². The zero-order valence-electron chi connectivity index (χ0n) is 18.1. The summed E-state index contributed by atoms with van der Waals surface area (Å²) in [7, 11) is 0. The molecule has 1 unspecified atom stereocenters. The Labute approximate surface area is 202 Å². The van der Waals surface area contributed by atoms with E-state index < -0.39 is 0 Å². The standard InChI is InChI=1S/C23H24Cl2N4O2S/c1-5-10-29-22(16(4)31-18-8-6-14(2)15(3)11-18)27-28-23(29)32-13-21(30)26-17-7-9-19(24)20(25)12-17/h5-9,11-12,16H,1,10,13H2,2-4H3,(H,26,30). The maximum Gasteiger partial charge on any atom is 0.234 e. The molecule has 0 spiro atoms. The lowest BCUT2D eigenvalue weighted by Crippen LogP contribution is -2.15. The highest BCUT2D eigenvalue weighted by Gasteiger charge is 2.20. The van der Waals surface area contributed by atoms with E-state index in [-0.39, 0.29) is 17.8 Å². The highest BCUT2D eigenvalue weighted by Crippen LogP contribution is 2.27. The van der Waals surface area contributed by atoms with E-state index in [1.807, 2.05) is 36.6 Å². The molecule has 32 heavy (non-hydrogen) atoms. The molecule has 6 nitrogen and oxygen atoms in total. The van der Waals surface area contributed by atoms with Gasteiger partial charge in [0.25, 0.3) is 0 Å². The van der Waals surface area contributed by atoms with Crippen molar-refractivity contribution in [1.82, 2.24) is 14.8 Å². The van der Waals surface area contributed by atoms with E-state index in [0.29, 0.717) is 33.3 Å². The fourth-order valence-corrected chi connectivity index (χ4v) is 4.01. The van der Waals surface area contributed by atoms with Gasteiger partial charge in [-0.05, 0) is 62.2 Å². The summed E-state index contributed by atoms with van der Waals surface area (Å²) in [6.07, 6.45) is 1.43. The first kappa shape index (κ1) is 24.2. The summed E-state index contributed by atoms with van der Waals surface area (Å²) in [6, 6.07) is 10.9. The molecule has 0 saturated carbocycles. The number of carbonyl (C=O) groups excluding carboxylic acids is 1. The largest absolute Gasteiger partial charge is 0.483 e. The summed E-state index contributed by atoms with van der Waals surface area (Å²) in [4.78, 5) is 12.4. The Hall–Kier alpha value is -2.48. The average Bonchev–Trinajstić information content (AvgIpc) is 3.15. The summed E-state index contributed by atoms with van der Waals surface area (Å²) in [6.45, 7) is 10.3. The molecule has 0 aliphatic carbocycles. The minimum atomic E-state index is -0.330. The van der Waals surface area contributed by atoms with Gasteiger partial charge in [-0.1, -0.05) is 47.1 Å². The third-order valence-electron chi connectivity index (χ3n) is 4.75. The van der Waals surface area contributed by atoms with Crippen molar-refractivity contribution >= 4 is 46.6 Å². The van der Waals surface area contributed by atoms with Gasteiger partial charge < -0.3 is 10.1 Å². The van der Waals surface area contributed by atoms with Crippen molar-refractivity contribution < 1.29 is 9.53 Å². The molecule has 3 aromatic rings. The summed E-state index contributed by atoms with van der Waals surface area (Å²) < 4.78 is 7.99. The molecule has 0 radical (unpaired) electrons. The fourth-order valence-electron chi connectivity index (χ4n) is 2.95. The van der Waals surface area contributed by atoms with Crippen molar-refractivity contribution in [3.05, 3.63) is 76.0 Å².